The summed E-state index contributed by atoms with van der Waals surface area (Å²) in [7, 11) is 1.70. The average molecular weight is 215 g/mol. The van der Waals surface area contributed by atoms with Crippen LogP contribution in [0.3, 0.4) is 0 Å². The van der Waals surface area contributed by atoms with Crippen molar-refractivity contribution in [3.05, 3.63) is 23.5 Å². The SMILES string of the molecule is CCC(COC)Nc1ccc(Cl)nc1. The van der Waals surface area contributed by atoms with Gasteiger partial charge in [-0.1, -0.05) is 18.5 Å². The molecule has 0 radical (unpaired) electrons. The molecule has 0 aliphatic heterocycles. The molecule has 1 atom stereocenters. The van der Waals surface area contributed by atoms with Crippen LogP contribution in [0.2, 0.25) is 5.15 Å². The Bertz CT molecular complexity index is 263. The molecule has 4 heteroatoms. The zero-order valence-corrected chi connectivity index (χ0v) is 9.21. The summed E-state index contributed by atoms with van der Waals surface area (Å²) in [6.07, 6.45) is 2.73. The number of ether oxygens (including phenoxy) is 1. The van der Waals surface area contributed by atoms with E-state index in [1.54, 1.807) is 19.4 Å². The van der Waals surface area contributed by atoms with Gasteiger partial charge in [0, 0.05) is 13.2 Å². The van der Waals surface area contributed by atoms with E-state index < -0.39 is 0 Å². The average Bonchev–Trinajstić information content (AvgIpc) is 2.20. The normalized spacial score (nSPS) is 12.5. The topological polar surface area (TPSA) is 34.1 Å². The standard InChI is InChI=1S/C10H15ClN2O/c1-3-8(7-14-2)13-9-4-5-10(11)12-6-9/h4-6,8,13H,3,7H2,1-2H3. The van der Waals surface area contributed by atoms with E-state index in [-0.39, 0.29) is 0 Å². The lowest BCUT2D eigenvalue weighted by Gasteiger charge is -2.16. The Labute approximate surface area is 89.4 Å². The van der Waals surface area contributed by atoms with Crippen LogP contribution in [0, 0.1) is 0 Å². The van der Waals surface area contributed by atoms with Gasteiger partial charge in [-0.15, -0.1) is 0 Å². The first-order valence-electron chi connectivity index (χ1n) is 4.63. The van der Waals surface area contributed by atoms with Crippen LogP contribution in [0.4, 0.5) is 5.69 Å². The number of halogens is 1. The van der Waals surface area contributed by atoms with E-state index in [9.17, 15) is 0 Å². The first-order valence-corrected chi connectivity index (χ1v) is 5.01. The molecule has 14 heavy (non-hydrogen) atoms. The van der Waals surface area contributed by atoms with Crippen molar-refractivity contribution in [2.45, 2.75) is 19.4 Å². The molecule has 0 saturated carbocycles. The molecule has 0 amide bonds. The van der Waals surface area contributed by atoms with E-state index in [1.165, 1.54) is 0 Å². The van der Waals surface area contributed by atoms with Gasteiger partial charge < -0.3 is 10.1 Å². The van der Waals surface area contributed by atoms with Gasteiger partial charge in [0.1, 0.15) is 5.15 Å². The quantitative estimate of drug-likeness (QED) is 0.765. The molecule has 0 aliphatic carbocycles. The van der Waals surface area contributed by atoms with Crippen molar-refractivity contribution in [2.24, 2.45) is 0 Å². The summed E-state index contributed by atoms with van der Waals surface area (Å²) in [6.45, 7) is 2.80. The first-order chi connectivity index (χ1) is 6.76. The van der Waals surface area contributed by atoms with Crippen LogP contribution in [0.5, 0.6) is 0 Å². The predicted octanol–water partition coefficient (Wildman–Crippen LogP) is 2.57. The van der Waals surface area contributed by atoms with Gasteiger partial charge in [0.15, 0.2) is 0 Å². The van der Waals surface area contributed by atoms with Crippen molar-refractivity contribution in [3.63, 3.8) is 0 Å². The number of nitrogens with zero attached hydrogens (tertiary/aromatic N) is 1. The molecule has 0 aliphatic rings. The Kier molecular flexibility index (Phi) is 4.70. The largest absolute Gasteiger partial charge is 0.383 e. The molecule has 3 nitrogen and oxygen atoms in total. The fourth-order valence-corrected chi connectivity index (χ4v) is 1.27. The lowest BCUT2D eigenvalue weighted by molar-refractivity contribution is 0.184. The molecule has 1 N–H and O–H groups in total. The fraction of sp³-hybridized carbons (Fsp3) is 0.500. The Morgan fingerprint density at radius 1 is 1.57 bits per heavy atom. The number of hydrogen-bond donors (Lipinski definition) is 1. The van der Waals surface area contributed by atoms with Gasteiger partial charge in [-0.25, -0.2) is 4.98 Å². The fourth-order valence-electron chi connectivity index (χ4n) is 1.16. The Balaban J connectivity index is 2.53. The van der Waals surface area contributed by atoms with Crippen molar-refractivity contribution in [3.8, 4) is 0 Å². The van der Waals surface area contributed by atoms with E-state index in [4.69, 9.17) is 16.3 Å². The number of pyridine rings is 1. The number of aromatic nitrogens is 1. The third kappa shape index (κ3) is 3.52. The van der Waals surface area contributed by atoms with Gasteiger partial charge in [-0.3, -0.25) is 0 Å². The van der Waals surface area contributed by atoms with Crippen LogP contribution in [0.25, 0.3) is 0 Å². The van der Waals surface area contributed by atoms with E-state index in [0.29, 0.717) is 17.8 Å². The van der Waals surface area contributed by atoms with Crippen LogP contribution in [0.1, 0.15) is 13.3 Å². The van der Waals surface area contributed by atoms with Crippen LogP contribution < -0.4 is 5.32 Å². The summed E-state index contributed by atoms with van der Waals surface area (Å²) in [5.41, 5.74) is 0.971. The van der Waals surface area contributed by atoms with Crippen molar-refractivity contribution in [2.75, 3.05) is 19.0 Å². The highest BCUT2D eigenvalue weighted by molar-refractivity contribution is 6.29. The minimum Gasteiger partial charge on any atom is -0.383 e. The summed E-state index contributed by atoms with van der Waals surface area (Å²) in [5.74, 6) is 0. The molecule has 1 heterocycles. The molecular formula is C10H15ClN2O. The molecule has 0 saturated heterocycles. The minimum absolute atomic E-state index is 0.322. The minimum atomic E-state index is 0.322. The summed E-state index contributed by atoms with van der Waals surface area (Å²) in [5, 5.41) is 3.82. The summed E-state index contributed by atoms with van der Waals surface area (Å²) in [4.78, 5) is 3.99. The predicted molar refractivity (Wildman–Crippen MR) is 58.8 cm³/mol. The van der Waals surface area contributed by atoms with Gasteiger partial charge in [0.05, 0.1) is 18.5 Å². The highest BCUT2D eigenvalue weighted by atomic mass is 35.5. The summed E-state index contributed by atoms with van der Waals surface area (Å²) >= 11 is 5.68. The van der Waals surface area contributed by atoms with Crippen molar-refractivity contribution in [1.29, 1.82) is 0 Å². The van der Waals surface area contributed by atoms with Crippen LogP contribution in [-0.2, 0) is 4.74 Å². The first kappa shape index (κ1) is 11.3. The monoisotopic (exact) mass is 214 g/mol. The molecule has 0 fully saturated rings. The number of anilines is 1. The number of rotatable bonds is 5. The maximum atomic E-state index is 5.68. The zero-order valence-electron chi connectivity index (χ0n) is 8.46. The van der Waals surface area contributed by atoms with Crippen molar-refractivity contribution < 1.29 is 4.74 Å². The lowest BCUT2D eigenvalue weighted by atomic mass is 10.2. The second kappa shape index (κ2) is 5.83. The molecule has 1 rings (SSSR count). The second-order valence-electron chi connectivity index (χ2n) is 3.07. The highest BCUT2D eigenvalue weighted by Gasteiger charge is 2.04. The molecule has 1 unspecified atom stereocenters. The van der Waals surface area contributed by atoms with Crippen LogP contribution in [-0.4, -0.2) is 24.7 Å². The maximum Gasteiger partial charge on any atom is 0.129 e. The van der Waals surface area contributed by atoms with Crippen LogP contribution in [0.15, 0.2) is 18.3 Å². The molecule has 1 aromatic rings. The van der Waals surface area contributed by atoms with Gasteiger partial charge in [0.25, 0.3) is 0 Å². The van der Waals surface area contributed by atoms with E-state index in [1.807, 2.05) is 6.07 Å². The molecule has 1 aromatic heterocycles. The molecule has 0 bridgehead atoms. The number of hydrogen-bond acceptors (Lipinski definition) is 3. The number of methoxy groups -OCH3 is 1. The zero-order chi connectivity index (χ0) is 10.4. The third-order valence-corrected chi connectivity index (χ3v) is 2.18. The maximum absolute atomic E-state index is 5.68. The van der Waals surface area contributed by atoms with E-state index in [2.05, 4.69) is 17.2 Å². The van der Waals surface area contributed by atoms with Crippen molar-refractivity contribution in [1.82, 2.24) is 4.98 Å². The molecule has 0 aromatic carbocycles. The Morgan fingerprint density at radius 3 is 2.86 bits per heavy atom. The van der Waals surface area contributed by atoms with Crippen molar-refractivity contribution >= 4 is 17.3 Å². The summed E-state index contributed by atoms with van der Waals surface area (Å²) in [6, 6.07) is 4.00. The molecule has 78 valence electrons. The lowest BCUT2D eigenvalue weighted by Crippen LogP contribution is -2.23. The Hall–Kier alpha value is -0.800. The van der Waals surface area contributed by atoms with E-state index in [0.717, 1.165) is 12.1 Å². The molecule has 0 spiro atoms. The third-order valence-electron chi connectivity index (χ3n) is 1.96. The smallest absolute Gasteiger partial charge is 0.129 e. The van der Waals surface area contributed by atoms with Gasteiger partial charge in [-0.05, 0) is 18.6 Å². The highest BCUT2D eigenvalue weighted by Crippen LogP contribution is 2.11. The van der Waals surface area contributed by atoms with E-state index >= 15 is 0 Å². The second-order valence-corrected chi connectivity index (χ2v) is 3.46. The number of nitrogens with one attached hydrogen (secondary N) is 1. The van der Waals surface area contributed by atoms with Gasteiger partial charge in [0.2, 0.25) is 0 Å². The summed E-state index contributed by atoms with van der Waals surface area (Å²) < 4.78 is 5.08. The van der Waals surface area contributed by atoms with Gasteiger partial charge in [-0.2, -0.15) is 0 Å². The van der Waals surface area contributed by atoms with Crippen LogP contribution >= 0.6 is 11.6 Å². The Morgan fingerprint density at radius 2 is 2.36 bits per heavy atom. The molecular weight excluding hydrogens is 200 g/mol. The van der Waals surface area contributed by atoms with Gasteiger partial charge >= 0.3 is 0 Å².